The van der Waals surface area contributed by atoms with E-state index < -0.39 is 10.0 Å². The summed E-state index contributed by atoms with van der Waals surface area (Å²) >= 11 is 0. The SMILES string of the molecule is NS(=O)(=O)c1cccc(-c2ccc(COC3CCCCO3)cc2)c1. The van der Waals surface area contributed by atoms with Crippen LogP contribution in [0.2, 0.25) is 0 Å². The van der Waals surface area contributed by atoms with Crippen LogP contribution >= 0.6 is 0 Å². The van der Waals surface area contributed by atoms with E-state index in [1.807, 2.05) is 30.3 Å². The Morgan fingerprint density at radius 1 is 1.08 bits per heavy atom. The molecule has 2 N–H and O–H groups in total. The second-order valence-corrected chi connectivity index (χ2v) is 7.44. The molecule has 2 aromatic carbocycles. The summed E-state index contributed by atoms with van der Waals surface area (Å²) in [6.45, 7) is 1.27. The van der Waals surface area contributed by atoms with Crippen molar-refractivity contribution < 1.29 is 17.9 Å². The minimum atomic E-state index is -3.70. The van der Waals surface area contributed by atoms with Crippen molar-refractivity contribution in [1.82, 2.24) is 0 Å². The zero-order chi connectivity index (χ0) is 17.0. The van der Waals surface area contributed by atoms with E-state index in [1.165, 1.54) is 6.07 Å². The predicted octanol–water partition coefficient (Wildman–Crippen LogP) is 3.04. The molecule has 0 radical (unpaired) electrons. The van der Waals surface area contributed by atoms with Crippen LogP contribution in [-0.2, 0) is 26.1 Å². The van der Waals surface area contributed by atoms with E-state index in [9.17, 15) is 8.42 Å². The van der Waals surface area contributed by atoms with Crippen molar-refractivity contribution in [2.45, 2.75) is 37.1 Å². The summed E-state index contributed by atoms with van der Waals surface area (Å²) in [6.07, 6.45) is 3.08. The Bertz CT molecular complexity index is 781. The lowest BCUT2D eigenvalue weighted by Gasteiger charge is -2.22. The number of ether oxygens (including phenoxy) is 2. The Labute approximate surface area is 142 Å². The van der Waals surface area contributed by atoms with Crippen molar-refractivity contribution in [3.05, 3.63) is 54.1 Å². The summed E-state index contributed by atoms with van der Waals surface area (Å²) in [4.78, 5) is 0.113. The van der Waals surface area contributed by atoms with Crippen LogP contribution < -0.4 is 5.14 Å². The molecule has 0 amide bonds. The van der Waals surface area contributed by atoms with Crippen LogP contribution in [0.5, 0.6) is 0 Å². The molecular formula is C18H21NO4S. The summed E-state index contributed by atoms with van der Waals surface area (Å²) in [5, 5.41) is 5.18. The zero-order valence-electron chi connectivity index (χ0n) is 13.4. The van der Waals surface area contributed by atoms with Crippen LogP contribution in [0, 0.1) is 0 Å². The van der Waals surface area contributed by atoms with Gasteiger partial charge in [-0.15, -0.1) is 0 Å². The molecule has 0 aliphatic carbocycles. The maximum absolute atomic E-state index is 11.5. The van der Waals surface area contributed by atoms with Gasteiger partial charge in [-0.25, -0.2) is 13.6 Å². The van der Waals surface area contributed by atoms with E-state index in [1.54, 1.807) is 12.1 Å². The molecule has 1 aliphatic rings. The predicted molar refractivity (Wildman–Crippen MR) is 91.6 cm³/mol. The third-order valence-electron chi connectivity index (χ3n) is 4.02. The first kappa shape index (κ1) is 17.1. The fourth-order valence-corrected chi connectivity index (χ4v) is 3.24. The van der Waals surface area contributed by atoms with Crippen molar-refractivity contribution in [3.63, 3.8) is 0 Å². The van der Waals surface area contributed by atoms with Crippen LogP contribution in [0.3, 0.4) is 0 Å². The molecular weight excluding hydrogens is 326 g/mol. The number of rotatable bonds is 5. The molecule has 2 aromatic rings. The van der Waals surface area contributed by atoms with Crippen LogP contribution in [-0.4, -0.2) is 21.3 Å². The van der Waals surface area contributed by atoms with Gasteiger partial charge in [0.25, 0.3) is 0 Å². The van der Waals surface area contributed by atoms with Crippen molar-refractivity contribution in [2.75, 3.05) is 6.61 Å². The third kappa shape index (κ3) is 4.42. The number of benzene rings is 2. The van der Waals surface area contributed by atoms with Crippen LogP contribution in [0.25, 0.3) is 11.1 Å². The normalized spacial score (nSPS) is 18.5. The van der Waals surface area contributed by atoms with Crippen LogP contribution in [0.1, 0.15) is 24.8 Å². The summed E-state index contributed by atoms with van der Waals surface area (Å²) in [6, 6.07) is 14.5. The standard InChI is InChI=1S/C18H21NO4S/c19-24(20,21)17-5-3-4-16(12-17)15-9-7-14(8-10-15)13-23-18-6-1-2-11-22-18/h3-5,7-10,12,18H,1-2,6,11,13H2,(H2,19,20,21). The van der Waals surface area contributed by atoms with Gasteiger partial charge in [-0.2, -0.15) is 0 Å². The van der Waals surface area contributed by atoms with Gasteiger partial charge in [0.1, 0.15) is 0 Å². The molecule has 1 heterocycles. The highest BCUT2D eigenvalue weighted by molar-refractivity contribution is 7.89. The maximum atomic E-state index is 11.5. The summed E-state index contributed by atoms with van der Waals surface area (Å²) in [5.41, 5.74) is 2.79. The van der Waals surface area contributed by atoms with Gasteiger partial charge in [-0.3, -0.25) is 0 Å². The van der Waals surface area contributed by atoms with Gasteiger partial charge in [-0.05, 0) is 48.1 Å². The molecule has 0 spiro atoms. The molecule has 1 fully saturated rings. The Balaban J connectivity index is 1.68. The highest BCUT2D eigenvalue weighted by Crippen LogP contribution is 2.23. The quantitative estimate of drug-likeness (QED) is 0.902. The van der Waals surface area contributed by atoms with Crippen molar-refractivity contribution in [1.29, 1.82) is 0 Å². The highest BCUT2D eigenvalue weighted by Gasteiger charge is 2.14. The largest absolute Gasteiger partial charge is 0.353 e. The fraction of sp³-hybridized carbons (Fsp3) is 0.333. The Hall–Kier alpha value is -1.73. The molecule has 1 aliphatic heterocycles. The first-order valence-electron chi connectivity index (χ1n) is 7.98. The Morgan fingerprint density at radius 2 is 1.88 bits per heavy atom. The van der Waals surface area contributed by atoms with Crippen molar-refractivity contribution >= 4 is 10.0 Å². The Morgan fingerprint density at radius 3 is 2.54 bits per heavy atom. The lowest BCUT2D eigenvalue weighted by molar-refractivity contribution is -0.168. The molecule has 5 nitrogen and oxygen atoms in total. The number of nitrogens with two attached hydrogens (primary N) is 1. The molecule has 3 rings (SSSR count). The van der Waals surface area contributed by atoms with E-state index in [0.717, 1.165) is 42.6 Å². The van der Waals surface area contributed by atoms with Gasteiger partial charge >= 0.3 is 0 Å². The monoisotopic (exact) mass is 347 g/mol. The molecule has 6 heteroatoms. The van der Waals surface area contributed by atoms with E-state index >= 15 is 0 Å². The molecule has 1 unspecified atom stereocenters. The molecule has 24 heavy (non-hydrogen) atoms. The zero-order valence-corrected chi connectivity index (χ0v) is 14.2. The van der Waals surface area contributed by atoms with Crippen molar-refractivity contribution in [2.24, 2.45) is 5.14 Å². The molecule has 0 saturated carbocycles. The first-order chi connectivity index (χ1) is 11.5. The van der Waals surface area contributed by atoms with Gasteiger partial charge in [0.2, 0.25) is 10.0 Å². The lowest BCUT2D eigenvalue weighted by atomic mass is 10.0. The van der Waals surface area contributed by atoms with E-state index in [2.05, 4.69) is 0 Å². The number of primary sulfonamides is 1. The maximum Gasteiger partial charge on any atom is 0.238 e. The van der Waals surface area contributed by atoms with Gasteiger partial charge in [0.15, 0.2) is 6.29 Å². The molecule has 1 atom stereocenters. The fourth-order valence-electron chi connectivity index (χ4n) is 2.68. The topological polar surface area (TPSA) is 78.6 Å². The van der Waals surface area contributed by atoms with Crippen molar-refractivity contribution in [3.8, 4) is 11.1 Å². The molecule has 0 aromatic heterocycles. The molecule has 128 valence electrons. The summed E-state index contributed by atoms with van der Waals surface area (Å²) in [7, 11) is -3.70. The minimum Gasteiger partial charge on any atom is -0.353 e. The van der Waals surface area contributed by atoms with E-state index in [4.69, 9.17) is 14.6 Å². The lowest BCUT2D eigenvalue weighted by Crippen LogP contribution is -2.21. The summed E-state index contributed by atoms with van der Waals surface area (Å²) < 4.78 is 34.2. The van der Waals surface area contributed by atoms with E-state index in [0.29, 0.717) is 6.61 Å². The molecule has 1 saturated heterocycles. The summed E-state index contributed by atoms with van der Waals surface area (Å²) in [5.74, 6) is 0. The second-order valence-electron chi connectivity index (χ2n) is 5.88. The second kappa shape index (κ2) is 7.44. The number of hydrogen-bond donors (Lipinski definition) is 1. The smallest absolute Gasteiger partial charge is 0.238 e. The Kier molecular flexibility index (Phi) is 5.30. The molecule has 0 bridgehead atoms. The van der Waals surface area contributed by atoms with Gasteiger partial charge in [-0.1, -0.05) is 36.4 Å². The average molecular weight is 347 g/mol. The average Bonchev–Trinajstić information content (AvgIpc) is 2.61. The van der Waals surface area contributed by atoms with E-state index in [-0.39, 0.29) is 11.2 Å². The third-order valence-corrected chi connectivity index (χ3v) is 4.93. The minimum absolute atomic E-state index is 0.107. The van der Waals surface area contributed by atoms with Crippen LogP contribution in [0.15, 0.2) is 53.4 Å². The number of sulfonamides is 1. The highest BCUT2D eigenvalue weighted by atomic mass is 32.2. The van der Waals surface area contributed by atoms with Gasteiger partial charge in [0, 0.05) is 6.61 Å². The van der Waals surface area contributed by atoms with Gasteiger partial charge < -0.3 is 9.47 Å². The van der Waals surface area contributed by atoms with Crippen LogP contribution in [0.4, 0.5) is 0 Å². The first-order valence-corrected chi connectivity index (χ1v) is 9.52. The van der Waals surface area contributed by atoms with Gasteiger partial charge in [0.05, 0.1) is 11.5 Å². The number of hydrogen-bond acceptors (Lipinski definition) is 4.